The second-order valence-electron chi connectivity index (χ2n) is 14.0. The molecule has 3 N–H and O–H groups in total. The third-order valence-corrected chi connectivity index (χ3v) is 11.4. The van der Waals surface area contributed by atoms with E-state index >= 15 is 0 Å². The Labute approximate surface area is 317 Å². The van der Waals surface area contributed by atoms with Crippen LogP contribution in [0.4, 0.5) is 10.2 Å². The number of pyridine rings is 2. The minimum absolute atomic E-state index is 0.235. The number of nitrogens with one attached hydrogen (secondary N) is 1. The fraction of sp³-hybridized carbons (Fsp3) is 0.341. The van der Waals surface area contributed by atoms with E-state index in [1.165, 1.54) is 29.9 Å². The maximum Gasteiger partial charge on any atom is 0.251 e. The van der Waals surface area contributed by atoms with Gasteiger partial charge in [0.2, 0.25) is 11.8 Å². The summed E-state index contributed by atoms with van der Waals surface area (Å²) in [6.07, 6.45) is 8.09. The zero-order valence-electron chi connectivity index (χ0n) is 30.5. The summed E-state index contributed by atoms with van der Waals surface area (Å²) in [6, 6.07) is 13.5. The highest BCUT2D eigenvalue weighted by Crippen LogP contribution is 2.46. The quantitative estimate of drug-likeness (QED) is 0.150. The Kier molecular flexibility index (Phi) is 10.5. The molecule has 53 heavy (non-hydrogen) atoms. The highest BCUT2D eigenvalue weighted by molar-refractivity contribution is 7.23. The van der Waals surface area contributed by atoms with E-state index in [-0.39, 0.29) is 17.7 Å². The summed E-state index contributed by atoms with van der Waals surface area (Å²) < 4.78 is 25.2. The molecule has 0 spiro atoms. The first-order chi connectivity index (χ1) is 25.6. The van der Waals surface area contributed by atoms with Crippen LogP contribution >= 0.6 is 22.9 Å². The van der Waals surface area contributed by atoms with Crippen LogP contribution in [0.1, 0.15) is 82.5 Å². The van der Waals surface area contributed by atoms with E-state index in [9.17, 15) is 9.18 Å². The molecule has 2 aliphatic rings. The molecule has 0 fully saturated rings. The summed E-state index contributed by atoms with van der Waals surface area (Å²) in [5.74, 6) is 1.71. The lowest BCUT2D eigenvalue weighted by Crippen LogP contribution is -2.20. The molecule has 4 aromatic heterocycles. The number of amides is 1. The summed E-state index contributed by atoms with van der Waals surface area (Å²) in [5.41, 5.74) is 14.3. The molecule has 9 nitrogen and oxygen atoms in total. The topological polar surface area (TPSA) is 129 Å². The lowest BCUT2D eigenvalue weighted by atomic mass is 9.88. The van der Waals surface area contributed by atoms with Gasteiger partial charge in [0.15, 0.2) is 11.6 Å². The van der Waals surface area contributed by atoms with Gasteiger partial charge in [0.1, 0.15) is 5.82 Å². The SMILES string of the molecule is CNc1nccc2cc(-c3c(C(N)=O)c(CC(C)C)nc(CC4CCc5cc(Cl)ccc54)c3-c3nnc(C)o3)sc12.COc1c(F)ccc2c1CCC2. The predicted molar refractivity (Wildman–Crippen MR) is 209 cm³/mol. The molecule has 0 saturated heterocycles. The number of aryl methyl sites for hydroxylation is 3. The molecule has 8 rings (SSSR count). The number of methoxy groups -OCH3 is 1. The fourth-order valence-corrected chi connectivity index (χ4v) is 9.12. The molecule has 274 valence electrons. The largest absolute Gasteiger partial charge is 0.493 e. The van der Waals surface area contributed by atoms with E-state index < -0.39 is 5.91 Å². The monoisotopic (exact) mass is 752 g/mol. The first-order valence-electron chi connectivity index (χ1n) is 17.9. The second kappa shape index (κ2) is 15.2. The third-order valence-electron chi connectivity index (χ3n) is 9.98. The number of nitrogens with two attached hydrogens (primary N) is 1. The van der Waals surface area contributed by atoms with Crippen LogP contribution in [0.3, 0.4) is 0 Å². The Balaban J connectivity index is 0.000000306. The van der Waals surface area contributed by atoms with Crippen LogP contribution in [0.5, 0.6) is 5.75 Å². The molecule has 1 amide bonds. The Bertz CT molecular complexity index is 2340. The molecule has 1 unspecified atom stereocenters. The van der Waals surface area contributed by atoms with Gasteiger partial charge in [-0.05, 0) is 109 Å². The van der Waals surface area contributed by atoms with E-state index in [2.05, 4.69) is 52.5 Å². The van der Waals surface area contributed by atoms with Crippen molar-refractivity contribution in [3.05, 3.63) is 105 Å². The Hall–Kier alpha value is -4.87. The molecule has 2 aliphatic carbocycles. The van der Waals surface area contributed by atoms with E-state index in [1.807, 2.05) is 25.2 Å². The van der Waals surface area contributed by atoms with Crippen molar-refractivity contribution in [3.63, 3.8) is 0 Å². The molecule has 12 heteroatoms. The number of anilines is 1. The fourth-order valence-electron chi connectivity index (χ4n) is 7.72. The molecule has 2 aromatic carbocycles. The molecule has 0 radical (unpaired) electrons. The van der Waals surface area contributed by atoms with Crippen LogP contribution in [-0.2, 0) is 32.1 Å². The van der Waals surface area contributed by atoms with E-state index in [0.717, 1.165) is 69.2 Å². The Morgan fingerprint density at radius 2 is 1.92 bits per heavy atom. The number of fused-ring (bicyclic) bond motifs is 3. The number of primary amides is 1. The maximum atomic E-state index is 13.3. The van der Waals surface area contributed by atoms with Crippen LogP contribution in [0, 0.1) is 18.7 Å². The van der Waals surface area contributed by atoms with Gasteiger partial charge in [0.25, 0.3) is 5.91 Å². The highest BCUT2D eigenvalue weighted by atomic mass is 35.5. The van der Waals surface area contributed by atoms with Crippen molar-refractivity contribution in [1.29, 1.82) is 0 Å². The number of aromatic nitrogens is 4. The van der Waals surface area contributed by atoms with Crippen LogP contribution < -0.4 is 15.8 Å². The summed E-state index contributed by atoms with van der Waals surface area (Å²) in [6.45, 7) is 5.98. The van der Waals surface area contributed by atoms with Gasteiger partial charge in [-0.2, -0.15) is 0 Å². The van der Waals surface area contributed by atoms with Crippen LogP contribution in [0.2, 0.25) is 5.02 Å². The highest BCUT2D eigenvalue weighted by Gasteiger charge is 2.32. The summed E-state index contributed by atoms with van der Waals surface area (Å²) >= 11 is 7.86. The van der Waals surface area contributed by atoms with Gasteiger partial charge in [0.05, 0.1) is 34.3 Å². The number of ether oxygens (including phenoxy) is 1. The van der Waals surface area contributed by atoms with Gasteiger partial charge in [-0.25, -0.2) is 9.37 Å². The van der Waals surface area contributed by atoms with E-state index in [0.29, 0.717) is 52.8 Å². The minimum atomic E-state index is -0.530. The van der Waals surface area contributed by atoms with Gasteiger partial charge >= 0.3 is 0 Å². The lowest BCUT2D eigenvalue weighted by molar-refractivity contribution is 0.0999. The number of halogens is 2. The van der Waals surface area contributed by atoms with Gasteiger partial charge in [-0.15, -0.1) is 21.5 Å². The number of rotatable bonds is 9. The first kappa shape index (κ1) is 36.5. The number of thiophene rings is 1. The van der Waals surface area contributed by atoms with Crippen molar-refractivity contribution in [2.24, 2.45) is 11.7 Å². The molecule has 6 aromatic rings. The zero-order valence-corrected chi connectivity index (χ0v) is 32.1. The molecule has 4 heterocycles. The Morgan fingerprint density at radius 1 is 1.09 bits per heavy atom. The molecule has 0 aliphatic heterocycles. The van der Waals surface area contributed by atoms with Gasteiger partial charge in [0, 0.05) is 41.2 Å². The standard InChI is InChI=1S/C31H31ClN6O2S.C10H11FO/c1-15(2)11-22-25(29(33)39)27(24-14-19-9-10-35-30(34-4)28(19)41-24)26(31-38-37-16(3)40-31)23(36-22)13-18-6-5-17-12-20(32)7-8-21(17)18;1-12-10-8-4-2-3-7(8)5-6-9(10)11/h7-10,12,14-15,18H,5-6,11,13H2,1-4H3,(H2,33,39)(H,34,35);5-6H,2-4H2,1H3. The normalized spacial score (nSPS) is 14.6. The maximum absolute atomic E-state index is 13.3. The molecule has 0 saturated carbocycles. The van der Waals surface area contributed by atoms with Gasteiger partial charge < -0.3 is 20.2 Å². The smallest absolute Gasteiger partial charge is 0.251 e. The van der Waals surface area contributed by atoms with Crippen LogP contribution in [0.25, 0.3) is 32.0 Å². The number of nitrogens with zero attached hydrogens (tertiary/aromatic N) is 4. The Morgan fingerprint density at radius 3 is 2.64 bits per heavy atom. The van der Waals surface area contributed by atoms with Crippen molar-refractivity contribution in [3.8, 4) is 27.6 Å². The number of hydrogen-bond donors (Lipinski definition) is 2. The molecular weight excluding hydrogens is 711 g/mol. The average molecular weight is 753 g/mol. The van der Waals surface area contributed by atoms with E-state index in [1.54, 1.807) is 24.5 Å². The third kappa shape index (κ3) is 7.24. The van der Waals surface area contributed by atoms with Crippen molar-refractivity contribution in [2.45, 2.75) is 71.6 Å². The molecular formula is C41H42ClFN6O3S. The van der Waals surface area contributed by atoms with Crippen LogP contribution in [-0.4, -0.2) is 40.2 Å². The average Bonchev–Trinajstić information content (AvgIpc) is 3.94. The van der Waals surface area contributed by atoms with Crippen molar-refractivity contribution < 1.29 is 18.3 Å². The van der Waals surface area contributed by atoms with Gasteiger partial charge in [-0.3, -0.25) is 9.78 Å². The first-order valence-corrected chi connectivity index (χ1v) is 19.1. The predicted octanol–water partition coefficient (Wildman–Crippen LogP) is 9.30. The lowest BCUT2D eigenvalue weighted by Gasteiger charge is -2.21. The van der Waals surface area contributed by atoms with Crippen molar-refractivity contribution in [1.82, 2.24) is 20.2 Å². The number of carbonyl (C=O) groups is 1. The molecule has 0 bridgehead atoms. The second-order valence-corrected chi connectivity index (χ2v) is 15.5. The van der Waals surface area contributed by atoms with Crippen molar-refractivity contribution in [2.75, 3.05) is 19.5 Å². The zero-order chi connectivity index (χ0) is 37.4. The summed E-state index contributed by atoms with van der Waals surface area (Å²) in [4.78, 5) is 23.8. The summed E-state index contributed by atoms with van der Waals surface area (Å²) in [5, 5.41) is 13.5. The van der Waals surface area contributed by atoms with Gasteiger partial charge in [-0.1, -0.05) is 37.6 Å². The number of carbonyl (C=O) groups excluding carboxylic acids is 1. The van der Waals surface area contributed by atoms with Crippen molar-refractivity contribution >= 4 is 44.7 Å². The number of hydrogen-bond acceptors (Lipinski definition) is 9. The van der Waals surface area contributed by atoms with E-state index in [4.69, 9.17) is 31.5 Å². The summed E-state index contributed by atoms with van der Waals surface area (Å²) in [7, 11) is 3.37. The van der Waals surface area contributed by atoms with Crippen LogP contribution in [0.15, 0.2) is 53.1 Å². The minimum Gasteiger partial charge on any atom is -0.493 e. The number of benzene rings is 2. The molecule has 1 atom stereocenters.